The molecule has 0 aromatic rings. The van der Waals surface area contributed by atoms with Crippen LogP contribution in [0, 0.1) is 11.8 Å². The second-order valence-electron chi connectivity index (χ2n) is 8.84. The largest absolute Gasteiger partial charge is 0.357 e. The maximum Gasteiger partial charge on any atom is 0.225 e. The lowest BCUT2D eigenvalue weighted by Crippen LogP contribution is -2.51. The lowest BCUT2D eigenvalue weighted by molar-refractivity contribution is -0.139. The van der Waals surface area contributed by atoms with Gasteiger partial charge in [-0.1, -0.05) is 32.6 Å². The van der Waals surface area contributed by atoms with Crippen LogP contribution in [-0.4, -0.2) is 73.5 Å². The first-order valence-corrected chi connectivity index (χ1v) is 11.8. The molecule has 2 unspecified atom stereocenters. The summed E-state index contributed by atoms with van der Waals surface area (Å²) in [6.07, 6.45) is 9.99. The number of halogens is 1. The van der Waals surface area contributed by atoms with Gasteiger partial charge in [0.1, 0.15) is 0 Å². The monoisotopic (exact) mass is 519 g/mol. The number of piperazine rings is 1. The van der Waals surface area contributed by atoms with Crippen molar-refractivity contribution in [2.45, 2.75) is 71.3 Å². The van der Waals surface area contributed by atoms with Gasteiger partial charge in [-0.05, 0) is 38.5 Å². The molecule has 29 heavy (non-hydrogen) atoms. The molecule has 1 saturated heterocycles. The van der Waals surface area contributed by atoms with E-state index >= 15 is 0 Å². The van der Waals surface area contributed by atoms with E-state index in [9.17, 15) is 4.79 Å². The number of nitrogens with one attached hydrogen (secondary N) is 2. The number of carbonyl (C=O) groups is 1. The van der Waals surface area contributed by atoms with E-state index in [-0.39, 0.29) is 24.0 Å². The van der Waals surface area contributed by atoms with Gasteiger partial charge >= 0.3 is 0 Å². The molecule has 168 valence electrons. The third-order valence-corrected chi connectivity index (χ3v) is 6.87. The summed E-state index contributed by atoms with van der Waals surface area (Å²) in [5.74, 6) is 2.58. The molecule has 3 rings (SSSR count). The van der Waals surface area contributed by atoms with E-state index in [0.717, 1.165) is 70.5 Å². The SMILES string of the molecule is CCNC(=NCCN1CCN(C(=O)C2CCC2)CC1)NC1CCCC(CC)C1.I. The molecule has 2 N–H and O–H groups in total. The summed E-state index contributed by atoms with van der Waals surface area (Å²) in [7, 11) is 0. The molecule has 2 aliphatic carbocycles. The Morgan fingerprint density at radius 2 is 1.76 bits per heavy atom. The molecule has 0 aromatic carbocycles. The highest BCUT2D eigenvalue weighted by atomic mass is 127. The standard InChI is InChI=1S/C22H41N5O.HI/c1-3-18-7-5-10-20(17-18)25-22(23-4-2)24-11-12-26-13-15-27(16-14-26)21(28)19-8-6-9-19;/h18-20H,3-17H2,1-2H3,(H2,23,24,25);1H. The maximum atomic E-state index is 12.4. The number of rotatable bonds is 7. The van der Waals surface area contributed by atoms with E-state index in [2.05, 4.69) is 34.3 Å². The Kier molecular flexibility index (Phi) is 11.0. The molecule has 0 radical (unpaired) electrons. The topological polar surface area (TPSA) is 60.0 Å². The number of amides is 1. The van der Waals surface area contributed by atoms with Crippen LogP contribution in [0.15, 0.2) is 4.99 Å². The smallest absolute Gasteiger partial charge is 0.225 e. The van der Waals surface area contributed by atoms with Gasteiger partial charge in [-0.25, -0.2) is 0 Å². The van der Waals surface area contributed by atoms with Crippen LogP contribution in [0.1, 0.15) is 65.2 Å². The number of nitrogens with zero attached hydrogens (tertiary/aromatic N) is 3. The third kappa shape index (κ3) is 7.56. The number of guanidine groups is 1. The summed E-state index contributed by atoms with van der Waals surface area (Å²) in [5.41, 5.74) is 0. The highest BCUT2D eigenvalue weighted by Crippen LogP contribution is 2.28. The minimum Gasteiger partial charge on any atom is -0.357 e. The molecule has 3 fully saturated rings. The highest BCUT2D eigenvalue weighted by molar-refractivity contribution is 14.0. The van der Waals surface area contributed by atoms with Gasteiger partial charge in [-0.2, -0.15) is 0 Å². The molecule has 7 heteroatoms. The van der Waals surface area contributed by atoms with E-state index in [1.165, 1.54) is 38.5 Å². The van der Waals surface area contributed by atoms with E-state index in [1.807, 2.05) is 0 Å². The predicted molar refractivity (Wildman–Crippen MR) is 131 cm³/mol. The minimum absolute atomic E-state index is 0. The first kappa shape index (κ1) is 24.7. The van der Waals surface area contributed by atoms with Crippen molar-refractivity contribution in [3.8, 4) is 0 Å². The van der Waals surface area contributed by atoms with Gasteiger partial charge in [-0.3, -0.25) is 14.7 Å². The highest BCUT2D eigenvalue weighted by Gasteiger charge is 2.31. The molecule has 0 bridgehead atoms. The maximum absolute atomic E-state index is 12.4. The summed E-state index contributed by atoms with van der Waals surface area (Å²) >= 11 is 0. The molecule has 0 aromatic heterocycles. The Labute approximate surface area is 194 Å². The summed E-state index contributed by atoms with van der Waals surface area (Å²) in [6, 6.07) is 0.567. The van der Waals surface area contributed by atoms with Crippen molar-refractivity contribution in [3.63, 3.8) is 0 Å². The van der Waals surface area contributed by atoms with E-state index < -0.39 is 0 Å². The van der Waals surface area contributed by atoms with Crippen molar-refractivity contribution in [2.75, 3.05) is 45.8 Å². The molecule has 2 saturated carbocycles. The van der Waals surface area contributed by atoms with Gasteiger partial charge in [0.15, 0.2) is 5.96 Å². The zero-order valence-corrected chi connectivity index (χ0v) is 20.8. The summed E-state index contributed by atoms with van der Waals surface area (Å²) in [6.45, 7) is 10.9. The van der Waals surface area contributed by atoms with Crippen LogP contribution >= 0.6 is 24.0 Å². The molecule has 1 aliphatic heterocycles. The normalized spacial score (nSPS) is 26.4. The molecule has 2 atom stereocenters. The minimum atomic E-state index is 0. The van der Waals surface area contributed by atoms with Gasteiger partial charge in [-0.15, -0.1) is 24.0 Å². The second-order valence-corrected chi connectivity index (χ2v) is 8.84. The summed E-state index contributed by atoms with van der Waals surface area (Å²) in [5, 5.41) is 7.09. The third-order valence-electron chi connectivity index (χ3n) is 6.87. The Bertz CT molecular complexity index is 517. The van der Waals surface area contributed by atoms with Crippen molar-refractivity contribution in [3.05, 3.63) is 0 Å². The van der Waals surface area contributed by atoms with E-state index in [0.29, 0.717) is 17.9 Å². The van der Waals surface area contributed by atoms with Crippen LogP contribution < -0.4 is 10.6 Å². The molecule has 6 nitrogen and oxygen atoms in total. The first-order valence-electron chi connectivity index (χ1n) is 11.8. The lowest BCUT2D eigenvalue weighted by Gasteiger charge is -2.38. The van der Waals surface area contributed by atoms with Gasteiger partial charge < -0.3 is 15.5 Å². The fourth-order valence-corrected chi connectivity index (χ4v) is 4.71. The van der Waals surface area contributed by atoms with Crippen molar-refractivity contribution < 1.29 is 4.79 Å². The van der Waals surface area contributed by atoms with Gasteiger partial charge in [0.05, 0.1) is 6.54 Å². The molecule has 1 amide bonds. The van der Waals surface area contributed by atoms with Crippen LogP contribution in [0.2, 0.25) is 0 Å². The average Bonchev–Trinajstić information content (AvgIpc) is 2.67. The molecule has 1 heterocycles. The molecule has 0 spiro atoms. The number of hydrogen-bond acceptors (Lipinski definition) is 3. The van der Waals surface area contributed by atoms with Crippen LogP contribution in [0.25, 0.3) is 0 Å². The Morgan fingerprint density at radius 1 is 1.03 bits per heavy atom. The van der Waals surface area contributed by atoms with Gasteiger partial charge in [0.25, 0.3) is 0 Å². The summed E-state index contributed by atoms with van der Waals surface area (Å²) in [4.78, 5) is 21.7. The van der Waals surface area contributed by atoms with Crippen LogP contribution in [0.3, 0.4) is 0 Å². The zero-order chi connectivity index (χ0) is 19.8. The Hall–Kier alpha value is -0.570. The predicted octanol–water partition coefficient (Wildman–Crippen LogP) is 3.07. The number of carbonyl (C=O) groups excluding carboxylic acids is 1. The van der Waals surface area contributed by atoms with Crippen LogP contribution in [0.5, 0.6) is 0 Å². The molecular formula is C22H42IN5O. The zero-order valence-electron chi connectivity index (χ0n) is 18.5. The molecular weight excluding hydrogens is 477 g/mol. The quantitative estimate of drug-likeness (QED) is 0.309. The fourth-order valence-electron chi connectivity index (χ4n) is 4.71. The fraction of sp³-hybridized carbons (Fsp3) is 0.909. The van der Waals surface area contributed by atoms with Crippen molar-refractivity contribution >= 4 is 35.8 Å². The van der Waals surface area contributed by atoms with Crippen molar-refractivity contribution in [2.24, 2.45) is 16.8 Å². The van der Waals surface area contributed by atoms with E-state index in [4.69, 9.17) is 4.99 Å². The lowest BCUT2D eigenvalue weighted by atomic mass is 9.84. The van der Waals surface area contributed by atoms with Crippen LogP contribution in [0.4, 0.5) is 0 Å². The van der Waals surface area contributed by atoms with Crippen molar-refractivity contribution in [1.29, 1.82) is 0 Å². The second kappa shape index (κ2) is 13.0. The van der Waals surface area contributed by atoms with Crippen LogP contribution in [-0.2, 0) is 4.79 Å². The number of hydrogen-bond donors (Lipinski definition) is 2. The van der Waals surface area contributed by atoms with E-state index in [1.54, 1.807) is 0 Å². The first-order chi connectivity index (χ1) is 13.7. The summed E-state index contributed by atoms with van der Waals surface area (Å²) < 4.78 is 0. The number of aliphatic imine (C=N–C) groups is 1. The molecule has 3 aliphatic rings. The Morgan fingerprint density at radius 3 is 2.38 bits per heavy atom. The average molecular weight is 520 g/mol. The van der Waals surface area contributed by atoms with Gasteiger partial charge in [0.2, 0.25) is 5.91 Å². The van der Waals surface area contributed by atoms with Gasteiger partial charge in [0, 0.05) is 51.2 Å². The van der Waals surface area contributed by atoms with Crippen molar-refractivity contribution in [1.82, 2.24) is 20.4 Å². The Balaban J connectivity index is 0.00000300.